The molecular formula is C26H21ClN4O. The first-order valence-electron chi connectivity index (χ1n) is 10.5. The molecule has 2 heterocycles. The molecule has 1 N–H and O–H groups in total. The van der Waals surface area contributed by atoms with Gasteiger partial charge in [0.15, 0.2) is 0 Å². The SMILES string of the molecule is O=C(Nc1ccc(Cc2nc(Cl)cc(N3CC=CC3)n2)cc1)c1ccc2ccccc2c1. The van der Waals surface area contributed by atoms with Crippen molar-refractivity contribution in [2.24, 2.45) is 0 Å². The normalized spacial score (nSPS) is 13.0. The van der Waals surface area contributed by atoms with E-state index in [2.05, 4.69) is 32.3 Å². The minimum absolute atomic E-state index is 0.134. The van der Waals surface area contributed by atoms with Gasteiger partial charge in [-0.2, -0.15) is 0 Å². The fourth-order valence-corrected chi connectivity index (χ4v) is 3.98. The van der Waals surface area contributed by atoms with Gasteiger partial charge in [0.2, 0.25) is 0 Å². The number of carbonyl (C=O) groups excluding carboxylic acids is 1. The van der Waals surface area contributed by atoms with Crippen molar-refractivity contribution in [2.75, 3.05) is 23.3 Å². The molecule has 0 aliphatic carbocycles. The van der Waals surface area contributed by atoms with Gasteiger partial charge in [0, 0.05) is 36.8 Å². The number of carbonyl (C=O) groups is 1. The Balaban J connectivity index is 1.27. The molecule has 0 radical (unpaired) electrons. The van der Waals surface area contributed by atoms with Crippen molar-refractivity contribution < 1.29 is 4.79 Å². The third-order valence-corrected chi connectivity index (χ3v) is 5.65. The number of rotatable bonds is 5. The molecule has 6 heteroatoms. The monoisotopic (exact) mass is 440 g/mol. The summed E-state index contributed by atoms with van der Waals surface area (Å²) in [4.78, 5) is 23.9. The highest BCUT2D eigenvalue weighted by Crippen LogP contribution is 2.21. The number of anilines is 2. The van der Waals surface area contributed by atoms with Crippen LogP contribution in [-0.4, -0.2) is 29.0 Å². The number of hydrogen-bond acceptors (Lipinski definition) is 4. The Labute approximate surface area is 191 Å². The molecule has 0 saturated carbocycles. The highest BCUT2D eigenvalue weighted by molar-refractivity contribution is 6.29. The Hall–Kier alpha value is -3.70. The topological polar surface area (TPSA) is 58.1 Å². The van der Waals surface area contributed by atoms with Crippen molar-refractivity contribution in [1.82, 2.24) is 9.97 Å². The second-order valence-electron chi connectivity index (χ2n) is 7.73. The number of fused-ring (bicyclic) bond motifs is 1. The second kappa shape index (κ2) is 8.81. The molecule has 0 bridgehead atoms. The van der Waals surface area contributed by atoms with Crippen LogP contribution in [0.15, 0.2) is 84.9 Å². The first-order valence-corrected chi connectivity index (χ1v) is 10.8. The summed E-state index contributed by atoms with van der Waals surface area (Å²) in [6, 6.07) is 23.2. The van der Waals surface area contributed by atoms with Crippen molar-refractivity contribution in [3.63, 3.8) is 0 Å². The smallest absolute Gasteiger partial charge is 0.255 e. The van der Waals surface area contributed by atoms with Crippen molar-refractivity contribution in [2.45, 2.75) is 6.42 Å². The van der Waals surface area contributed by atoms with Crippen LogP contribution in [0.4, 0.5) is 11.5 Å². The zero-order valence-electron chi connectivity index (χ0n) is 17.3. The summed E-state index contributed by atoms with van der Waals surface area (Å²) in [6.07, 6.45) is 4.79. The van der Waals surface area contributed by atoms with Crippen LogP contribution in [0.2, 0.25) is 5.15 Å². The Morgan fingerprint density at radius 3 is 2.44 bits per heavy atom. The van der Waals surface area contributed by atoms with Gasteiger partial charge in [-0.15, -0.1) is 0 Å². The molecule has 0 unspecified atom stereocenters. The first kappa shape index (κ1) is 20.2. The van der Waals surface area contributed by atoms with E-state index in [0.29, 0.717) is 23.0 Å². The molecule has 0 atom stereocenters. The first-order chi connectivity index (χ1) is 15.6. The number of amides is 1. The average Bonchev–Trinajstić information content (AvgIpc) is 3.35. The van der Waals surface area contributed by atoms with Gasteiger partial charge in [-0.3, -0.25) is 4.79 Å². The summed E-state index contributed by atoms with van der Waals surface area (Å²) in [5.74, 6) is 1.38. The van der Waals surface area contributed by atoms with Gasteiger partial charge in [-0.25, -0.2) is 9.97 Å². The van der Waals surface area contributed by atoms with E-state index in [9.17, 15) is 4.79 Å². The van der Waals surface area contributed by atoms with Gasteiger partial charge >= 0.3 is 0 Å². The molecule has 0 fully saturated rings. The Bertz CT molecular complexity index is 1310. The molecule has 1 amide bonds. The summed E-state index contributed by atoms with van der Waals surface area (Å²) < 4.78 is 0. The molecular weight excluding hydrogens is 420 g/mol. The maximum absolute atomic E-state index is 12.7. The fourth-order valence-electron chi connectivity index (χ4n) is 3.78. The van der Waals surface area contributed by atoms with Gasteiger partial charge in [0.1, 0.15) is 16.8 Å². The molecule has 1 aromatic heterocycles. The van der Waals surface area contributed by atoms with Crippen molar-refractivity contribution in [3.8, 4) is 0 Å². The van der Waals surface area contributed by atoms with Crippen LogP contribution < -0.4 is 10.2 Å². The van der Waals surface area contributed by atoms with Crippen LogP contribution >= 0.6 is 11.6 Å². The maximum Gasteiger partial charge on any atom is 0.255 e. The van der Waals surface area contributed by atoms with Crippen LogP contribution in [0.3, 0.4) is 0 Å². The van der Waals surface area contributed by atoms with Crippen LogP contribution in [0.25, 0.3) is 10.8 Å². The number of benzene rings is 3. The highest BCUT2D eigenvalue weighted by Gasteiger charge is 2.13. The van der Waals surface area contributed by atoms with Gasteiger partial charge in [-0.05, 0) is 40.6 Å². The molecule has 158 valence electrons. The lowest BCUT2D eigenvalue weighted by Gasteiger charge is -2.17. The average molecular weight is 441 g/mol. The molecule has 5 rings (SSSR count). The largest absolute Gasteiger partial charge is 0.349 e. The molecule has 0 saturated heterocycles. The number of nitrogens with one attached hydrogen (secondary N) is 1. The molecule has 3 aromatic carbocycles. The Morgan fingerprint density at radius 2 is 1.66 bits per heavy atom. The summed E-state index contributed by atoms with van der Waals surface area (Å²) in [5, 5.41) is 5.56. The molecule has 4 aromatic rings. The van der Waals surface area contributed by atoms with Crippen LogP contribution in [-0.2, 0) is 6.42 Å². The molecule has 32 heavy (non-hydrogen) atoms. The number of nitrogens with zero attached hydrogens (tertiary/aromatic N) is 3. The van der Waals surface area contributed by atoms with Crippen molar-refractivity contribution >= 4 is 39.8 Å². The summed E-state index contributed by atoms with van der Waals surface area (Å²) >= 11 is 6.23. The minimum atomic E-state index is -0.134. The van der Waals surface area contributed by atoms with E-state index in [1.54, 1.807) is 6.07 Å². The zero-order valence-corrected chi connectivity index (χ0v) is 18.1. The van der Waals surface area contributed by atoms with E-state index in [1.165, 1.54) is 0 Å². The Morgan fingerprint density at radius 1 is 0.906 bits per heavy atom. The van der Waals surface area contributed by atoms with Gasteiger partial charge < -0.3 is 10.2 Å². The molecule has 5 nitrogen and oxygen atoms in total. The maximum atomic E-state index is 12.7. The Kier molecular flexibility index (Phi) is 5.57. The van der Waals surface area contributed by atoms with E-state index in [0.717, 1.165) is 40.9 Å². The lowest BCUT2D eigenvalue weighted by atomic mass is 10.1. The predicted octanol–water partition coefficient (Wildman–Crippen LogP) is 5.50. The standard InChI is InChI=1S/C26H21ClN4O/c27-23-17-25(31-13-3-4-14-31)30-24(29-23)15-18-7-11-22(12-8-18)28-26(32)21-10-9-19-5-1-2-6-20(19)16-21/h1-12,16-17H,13-15H2,(H,28,32). The van der Waals surface area contributed by atoms with E-state index >= 15 is 0 Å². The lowest BCUT2D eigenvalue weighted by Crippen LogP contribution is -2.20. The van der Waals surface area contributed by atoms with Gasteiger partial charge in [0.05, 0.1) is 0 Å². The zero-order chi connectivity index (χ0) is 21.9. The quantitative estimate of drug-likeness (QED) is 0.328. The summed E-state index contributed by atoms with van der Waals surface area (Å²) in [5.41, 5.74) is 2.41. The fraction of sp³-hybridized carbons (Fsp3) is 0.115. The van der Waals surface area contributed by atoms with Crippen LogP contribution in [0.1, 0.15) is 21.7 Å². The number of hydrogen-bond donors (Lipinski definition) is 1. The van der Waals surface area contributed by atoms with E-state index in [-0.39, 0.29) is 5.91 Å². The lowest BCUT2D eigenvalue weighted by molar-refractivity contribution is 0.102. The molecule has 0 spiro atoms. The summed E-state index contributed by atoms with van der Waals surface area (Å²) in [6.45, 7) is 1.66. The van der Waals surface area contributed by atoms with Crippen LogP contribution in [0, 0.1) is 0 Å². The molecule has 1 aliphatic heterocycles. The van der Waals surface area contributed by atoms with E-state index < -0.39 is 0 Å². The third-order valence-electron chi connectivity index (χ3n) is 5.46. The minimum Gasteiger partial charge on any atom is -0.349 e. The van der Waals surface area contributed by atoms with Crippen molar-refractivity contribution in [1.29, 1.82) is 0 Å². The molecule has 1 aliphatic rings. The van der Waals surface area contributed by atoms with E-state index in [1.807, 2.05) is 66.7 Å². The summed E-state index contributed by atoms with van der Waals surface area (Å²) in [7, 11) is 0. The van der Waals surface area contributed by atoms with Gasteiger partial charge in [-0.1, -0.05) is 66.2 Å². The predicted molar refractivity (Wildman–Crippen MR) is 130 cm³/mol. The van der Waals surface area contributed by atoms with Crippen LogP contribution in [0.5, 0.6) is 0 Å². The van der Waals surface area contributed by atoms with E-state index in [4.69, 9.17) is 11.6 Å². The van der Waals surface area contributed by atoms with Gasteiger partial charge in [0.25, 0.3) is 5.91 Å². The third kappa shape index (κ3) is 4.48. The number of aromatic nitrogens is 2. The number of halogens is 1. The highest BCUT2D eigenvalue weighted by atomic mass is 35.5. The van der Waals surface area contributed by atoms with Crippen molar-refractivity contribution in [3.05, 3.63) is 107 Å². The second-order valence-corrected chi connectivity index (χ2v) is 8.12.